The highest BCUT2D eigenvalue weighted by Crippen LogP contribution is 2.17. The minimum atomic E-state index is -1.15. The molecule has 114 valence electrons. The zero-order chi connectivity index (χ0) is 16.0. The Kier molecular flexibility index (Phi) is 6.04. The van der Waals surface area contributed by atoms with Crippen LogP contribution in [0.3, 0.4) is 0 Å². The van der Waals surface area contributed by atoms with Crippen molar-refractivity contribution in [1.82, 2.24) is 5.32 Å². The number of rotatable bonds is 6. The monoisotopic (exact) mass is 312 g/mol. The number of carbonyl (C=O) groups is 4. The summed E-state index contributed by atoms with van der Waals surface area (Å²) >= 11 is 1.36. The predicted molar refractivity (Wildman–Crippen MR) is 75.9 cm³/mol. The van der Waals surface area contributed by atoms with Gasteiger partial charge in [-0.3, -0.25) is 19.7 Å². The molecule has 1 rings (SSSR count). The van der Waals surface area contributed by atoms with Gasteiger partial charge in [-0.25, -0.2) is 4.79 Å². The number of ketones is 1. The van der Waals surface area contributed by atoms with Crippen LogP contribution < -0.4 is 11.1 Å². The number of esters is 1. The lowest BCUT2D eigenvalue weighted by molar-refractivity contribution is -0.154. The first-order valence-corrected chi connectivity index (χ1v) is 7.00. The summed E-state index contributed by atoms with van der Waals surface area (Å²) in [7, 11) is 0. The molecule has 0 saturated carbocycles. The standard InChI is InChI=1S/C13H16N2O5S/c1-7-3-5-10(21-7)9(16)4-6-11(17)20-8(2)12(18)15-13(14)19/h3,5,8H,4,6H2,1-2H3,(H3,14,15,18,19)/t8-/m0/s1. The number of carbonyl (C=O) groups excluding carboxylic acids is 4. The SMILES string of the molecule is Cc1ccc(C(=O)CCC(=O)O[C@@H](C)C(=O)NC(N)=O)s1. The number of aryl methyl sites for hydroxylation is 1. The highest BCUT2D eigenvalue weighted by molar-refractivity contribution is 7.14. The van der Waals surface area contributed by atoms with E-state index in [4.69, 9.17) is 10.5 Å². The maximum atomic E-state index is 11.8. The number of urea groups is 1. The van der Waals surface area contributed by atoms with Gasteiger partial charge in [0.25, 0.3) is 5.91 Å². The number of thiophene rings is 1. The summed E-state index contributed by atoms with van der Waals surface area (Å²) in [6, 6.07) is 2.51. The van der Waals surface area contributed by atoms with E-state index >= 15 is 0 Å². The molecular formula is C13H16N2O5S. The molecule has 0 aliphatic heterocycles. The van der Waals surface area contributed by atoms with E-state index in [1.54, 1.807) is 11.4 Å². The van der Waals surface area contributed by atoms with Crippen LogP contribution in [0, 0.1) is 6.92 Å². The second-order valence-corrected chi connectivity index (χ2v) is 5.61. The van der Waals surface area contributed by atoms with Crippen LogP contribution in [-0.4, -0.2) is 29.8 Å². The van der Waals surface area contributed by atoms with Crippen molar-refractivity contribution in [2.75, 3.05) is 0 Å². The third-order valence-corrected chi connectivity index (χ3v) is 3.54. The van der Waals surface area contributed by atoms with Crippen LogP contribution in [0.15, 0.2) is 12.1 Å². The first-order chi connectivity index (χ1) is 9.79. The highest BCUT2D eigenvalue weighted by atomic mass is 32.1. The molecule has 0 bridgehead atoms. The first-order valence-electron chi connectivity index (χ1n) is 6.19. The topological polar surface area (TPSA) is 116 Å². The summed E-state index contributed by atoms with van der Waals surface area (Å²) < 4.78 is 4.80. The van der Waals surface area contributed by atoms with E-state index < -0.39 is 24.0 Å². The van der Waals surface area contributed by atoms with Crippen molar-refractivity contribution < 1.29 is 23.9 Å². The van der Waals surface area contributed by atoms with Crippen LogP contribution in [0.5, 0.6) is 0 Å². The zero-order valence-corrected chi connectivity index (χ0v) is 12.5. The largest absolute Gasteiger partial charge is 0.453 e. The molecule has 0 spiro atoms. The van der Waals surface area contributed by atoms with Crippen LogP contribution in [0.1, 0.15) is 34.3 Å². The van der Waals surface area contributed by atoms with Gasteiger partial charge in [0.05, 0.1) is 11.3 Å². The molecule has 3 N–H and O–H groups in total. The summed E-state index contributed by atoms with van der Waals surface area (Å²) in [6.45, 7) is 3.19. The lowest BCUT2D eigenvalue weighted by Gasteiger charge is -2.11. The van der Waals surface area contributed by atoms with Crippen molar-refractivity contribution in [1.29, 1.82) is 0 Å². The van der Waals surface area contributed by atoms with Crippen molar-refractivity contribution in [2.24, 2.45) is 5.73 Å². The van der Waals surface area contributed by atoms with Crippen molar-refractivity contribution in [2.45, 2.75) is 32.8 Å². The summed E-state index contributed by atoms with van der Waals surface area (Å²) in [5.41, 5.74) is 4.77. The fourth-order valence-corrected chi connectivity index (χ4v) is 2.29. The van der Waals surface area contributed by atoms with E-state index in [1.807, 2.05) is 13.0 Å². The lowest BCUT2D eigenvalue weighted by atomic mass is 10.2. The van der Waals surface area contributed by atoms with Gasteiger partial charge in [-0.1, -0.05) is 0 Å². The molecule has 7 nitrogen and oxygen atoms in total. The number of nitrogens with two attached hydrogens (primary N) is 1. The van der Waals surface area contributed by atoms with E-state index in [2.05, 4.69) is 0 Å². The van der Waals surface area contributed by atoms with Crippen LogP contribution in [0.25, 0.3) is 0 Å². The number of hydrogen-bond donors (Lipinski definition) is 2. The molecule has 0 aliphatic carbocycles. The van der Waals surface area contributed by atoms with E-state index in [1.165, 1.54) is 18.3 Å². The molecule has 0 aliphatic rings. The van der Waals surface area contributed by atoms with Gasteiger partial charge < -0.3 is 10.5 Å². The number of Topliss-reactive ketones (excluding diaryl/α,β-unsaturated/α-hetero) is 1. The van der Waals surface area contributed by atoms with Crippen LogP contribution in [-0.2, 0) is 14.3 Å². The van der Waals surface area contributed by atoms with E-state index in [0.29, 0.717) is 4.88 Å². The highest BCUT2D eigenvalue weighted by Gasteiger charge is 2.19. The van der Waals surface area contributed by atoms with Gasteiger partial charge in [0.1, 0.15) is 0 Å². The Bertz CT molecular complexity index is 567. The molecule has 1 heterocycles. The Morgan fingerprint density at radius 2 is 1.95 bits per heavy atom. The Morgan fingerprint density at radius 1 is 1.29 bits per heavy atom. The van der Waals surface area contributed by atoms with Gasteiger partial charge in [-0.15, -0.1) is 11.3 Å². The van der Waals surface area contributed by atoms with Gasteiger partial charge in [-0.2, -0.15) is 0 Å². The van der Waals surface area contributed by atoms with E-state index in [9.17, 15) is 19.2 Å². The van der Waals surface area contributed by atoms with Gasteiger partial charge in [0.2, 0.25) is 0 Å². The minimum Gasteiger partial charge on any atom is -0.453 e. The summed E-state index contributed by atoms with van der Waals surface area (Å²) in [5.74, 6) is -1.65. The fraction of sp³-hybridized carbons (Fsp3) is 0.385. The number of amides is 3. The summed E-state index contributed by atoms with van der Waals surface area (Å²) in [6.07, 6.45) is -1.28. The Balaban J connectivity index is 2.38. The zero-order valence-electron chi connectivity index (χ0n) is 11.7. The molecule has 1 atom stereocenters. The molecule has 0 fully saturated rings. The Morgan fingerprint density at radius 3 is 2.48 bits per heavy atom. The van der Waals surface area contributed by atoms with Crippen molar-refractivity contribution in [3.63, 3.8) is 0 Å². The molecule has 3 amide bonds. The van der Waals surface area contributed by atoms with Crippen molar-refractivity contribution >= 4 is 35.0 Å². The summed E-state index contributed by atoms with van der Waals surface area (Å²) in [4.78, 5) is 46.7. The second kappa shape index (κ2) is 7.53. The van der Waals surface area contributed by atoms with Gasteiger partial charge >= 0.3 is 12.0 Å². The van der Waals surface area contributed by atoms with Crippen LogP contribution in [0.2, 0.25) is 0 Å². The molecular weight excluding hydrogens is 296 g/mol. The number of hydrogen-bond acceptors (Lipinski definition) is 6. The normalized spacial score (nSPS) is 11.5. The Hall–Kier alpha value is -2.22. The molecule has 8 heteroatoms. The van der Waals surface area contributed by atoms with Crippen molar-refractivity contribution in [3.8, 4) is 0 Å². The van der Waals surface area contributed by atoms with Crippen LogP contribution in [0.4, 0.5) is 4.79 Å². The molecule has 0 unspecified atom stereocenters. The maximum absolute atomic E-state index is 11.8. The molecule has 0 saturated heterocycles. The number of primary amides is 1. The second-order valence-electron chi connectivity index (χ2n) is 4.32. The number of imide groups is 1. The van der Waals surface area contributed by atoms with Gasteiger partial charge in [-0.05, 0) is 26.0 Å². The molecule has 0 radical (unpaired) electrons. The molecule has 1 aromatic heterocycles. The summed E-state index contributed by atoms with van der Waals surface area (Å²) in [5, 5.41) is 1.80. The first kappa shape index (κ1) is 16.8. The molecule has 21 heavy (non-hydrogen) atoms. The average Bonchev–Trinajstić information content (AvgIpc) is 2.81. The Labute approximate surface area is 125 Å². The molecule has 1 aromatic rings. The third-order valence-electron chi connectivity index (χ3n) is 2.50. The third kappa shape index (κ3) is 5.74. The maximum Gasteiger partial charge on any atom is 0.318 e. The molecule has 0 aromatic carbocycles. The smallest absolute Gasteiger partial charge is 0.318 e. The number of ether oxygens (including phenoxy) is 1. The van der Waals surface area contributed by atoms with Crippen LogP contribution >= 0.6 is 11.3 Å². The average molecular weight is 312 g/mol. The van der Waals surface area contributed by atoms with Gasteiger partial charge in [0.15, 0.2) is 11.9 Å². The van der Waals surface area contributed by atoms with Gasteiger partial charge in [0, 0.05) is 11.3 Å². The number of nitrogens with one attached hydrogen (secondary N) is 1. The predicted octanol–water partition coefficient (Wildman–Crippen LogP) is 1.15. The minimum absolute atomic E-state index is 0.00292. The quantitative estimate of drug-likeness (QED) is 0.604. The lowest BCUT2D eigenvalue weighted by Crippen LogP contribution is -2.42. The van der Waals surface area contributed by atoms with E-state index in [-0.39, 0.29) is 18.6 Å². The van der Waals surface area contributed by atoms with Crippen molar-refractivity contribution in [3.05, 3.63) is 21.9 Å². The fourth-order valence-electron chi connectivity index (χ4n) is 1.46. The van der Waals surface area contributed by atoms with E-state index in [0.717, 1.165) is 4.88 Å².